The predicted octanol–water partition coefficient (Wildman–Crippen LogP) is 5.41. The first-order chi connectivity index (χ1) is 42.5. The molecule has 5 amide bonds. The highest BCUT2D eigenvalue weighted by molar-refractivity contribution is 7.13. The second kappa shape index (κ2) is 32.0. The van der Waals surface area contributed by atoms with E-state index in [1.54, 1.807) is 53.5 Å². The Hall–Kier alpha value is -8.35. The smallest absolute Gasteiger partial charge is 0.274 e. The number of hydrogen-bond acceptors (Lipinski definition) is 19. The van der Waals surface area contributed by atoms with Crippen molar-refractivity contribution >= 4 is 52.2 Å². The first-order valence-corrected chi connectivity index (χ1v) is 29.9. The van der Waals surface area contributed by atoms with Gasteiger partial charge in [0.1, 0.15) is 29.3 Å². The number of aliphatic hydroxyl groups is 1. The number of piperazine rings is 1. The molecule has 23 nitrogen and oxygen atoms in total. The summed E-state index contributed by atoms with van der Waals surface area (Å²) in [5, 5.41) is 32.1. The lowest BCUT2D eigenvalue weighted by Gasteiger charge is -2.36. The number of β-amino-alcohol motifs (C(OH)–C–C–N with tert-alkyl or cyclic N) is 1. The molecule has 0 aliphatic carbocycles. The number of aliphatic hydroxyl groups excluding tert-OH is 1. The fourth-order valence-corrected chi connectivity index (χ4v) is 10.9. The molecular formula is C63H75FN12O11S. The number of halogens is 1. The number of methoxy groups -OCH3 is 1. The van der Waals surface area contributed by atoms with Gasteiger partial charge in [-0.25, -0.2) is 19.3 Å². The molecule has 0 radical (unpaired) electrons. The number of carbonyl (C=O) groups excluding carboxylic acids is 5. The summed E-state index contributed by atoms with van der Waals surface area (Å²) in [5.41, 5.74) is 6.96. The highest BCUT2D eigenvalue weighted by Gasteiger charge is 2.44. The Morgan fingerprint density at radius 2 is 1.55 bits per heavy atom. The van der Waals surface area contributed by atoms with Gasteiger partial charge in [0.05, 0.1) is 117 Å². The molecule has 0 saturated carbocycles. The highest BCUT2D eigenvalue weighted by atomic mass is 32.1. The molecule has 0 unspecified atom stereocenters. The first-order valence-electron chi connectivity index (χ1n) is 29.1. The van der Waals surface area contributed by atoms with Crippen LogP contribution in [0.15, 0.2) is 96.9 Å². The molecule has 2 aliphatic rings. The molecule has 88 heavy (non-hydrogen) atoms. The lowest BCUT2D eigenvalue weighted by Crippen LogP contribution is -2.57. The summed E-state index contributed by atoms with van der Waals surface area (Å²) in [6, 6.07) is 21.1. The van der Waals surface area contributed by atoms with Crippen LogP contribution in [0, 0.1) is 29.5 Å². The van der Waals surface area contributed by atoms with E-state index < -0.39 is 41.2 Å². The number of nitrogens with zero attached hydrogens (tertiary/aromatic N) is 8. The number of benzene rings is 3. The van der Waals surface area contributed by atoms with Gasteiger partial charge in [0.25, 0.3) is 5.91 Å². The molecule has 466 valence electrons. The molecule has 3 aromatic heterocycles. The number of nitrogens with one attached hydrogen (secondary N) is 4. The van der Waals surface area contributed by atoms with Crippen LogP contribution in [-0.2, 0) is 44.7 Å². The number of thiazole rings is 1. The van der Waals surface area contributed by atoms with Gasteiger partial charge >= 0.3 is 0 Å². The van der Waals surface area contributed by atoms with E-state index in [2.05, 4.69) is 52.2 Å². The van der Waals surface area contributed by atoms with Gasteiger partial charge in [-0.3, -0.25) is 33.9 Å². The molecule has 25 heteroatoms. The number of aromatic nitrogens is 4. The maximum atomic E-state index is 14.9. The molecule has 0 bridgehead atoms. The minimum Gasteiger partial charge on any atom is -0.496 e. The monoisotopic (exact) mass is 1230 g/mol. The van der Waals surface area contributed by atoms with Crippen LogP contribution in [0.2, 0.25) is 0 Å². The van der Waals surface area contributed by atoms with Crippen LogP contribution in [0.25, 0.3) is 33.0 Å². The van der Waals surface area contributed by atoms with E-state index in [1.807, 2.05) is 62.9 Å². The van der Waals surface area contributed by atoms with E-state index >= 15 is 0 Å². The highest BCUT2D eigenvalue weighted by Crippen LogP contribution is 2.35. The third-order valence-electron chi connectivity index (χ3n) is 14.8. The van der Waals surface area contributed by atoms with Gasteiger partial charge < -0.3 is 59.9 Å². The zero-order valence-electron chi connectivity index (χ0n) is 50.1. The third-order valence-corrected chi connectivity index (χ3v) is 15.7. The number of pyridine rings is 1. The maximum Gasteiger partial charge on any atom is 0.274 e. The average molecular weight is 1230 g/mol. The van der Waals surface area contributed by atoms with Gasteiger partial charge in [0.2, 0.25) is 23.6 Å². The Kier molecular flexibility index (Phi) is 23.9. The van der Waals surface area contributed by atoms with E-state index in [0.717, 1.165) is 27.3 Å². The van der Waals surface area contributed by atoms with Crippen LogP contribution in [0.4, 0.5) is 15.8 Å². The number of aryl methyl sites for hydroxylation is 1. The Morgan fingerprint density at radius 1 is 0.841 bits per heavy atom. The number of rotatable bonds is 29. The van der Waals surface area contributed by atoms with Crippen molar-refractivity contribution < 1.29 is 57.2 Å². The van der Waals surface area contributed by atoms with Crippen molar-refractivity contribution in [1.82, 2.24) is 45.7 Å². The number of anilines is 2. The van der Waals surface area contributed by atoms with E-state index in [-0.39, 0.29) is 92.8 Å². The molecule has 8 rings (SSSR count). The minimum atomic E-state index is -0.956. The fourth-order valence-electron chi connectivity index (χ4n) is 10.1. The van der Waals surface area contributed by atoms with E-state index in [1.165, 1.54) is 36.4 Å². The quantitative estimate of drug-likeness (QED) is 0.0367. The van der Waals surface area contributed by atoms with Crippen molar-refractivity contribution in [2.75, 3.05) is 116 Å². The summed E-state index contributed by atoms with van der Waals surface area (Å²) in [7, 11) is 1.41. The third kappa shape index (κ3) is 18.1. The number of ether oxygens (including phenoxy) is 5. The van der Waals surface area contributed by atoms with Crippen molar-refractivity contribution in [2.45, 2.75) is 65.3 Å². The average Bonchev–Trinajstić information content (AvgIpc) is 2.97. The minimum absolute atomic E-state index is 0.00297. The Balaban J connectivity index is 0.675. The van der Waals surface area contributed by atoms with Crippen LogP contribution < -0.4 is 30.9 Å². The largest absolute Gasteiger partial charge is 0.496 e. The van der Waals surface area contributed by atoms with Gasteiger partial charge in [0.15, 0.2) is 5.82 Å². The van der Waals surface area contributed by atoms with Crippen LogP contribution >= 0.6 is 11.3 Å². The van der Waals surface area contributed by atoms with Crippen LogP contribution in [0.1, 0.15) is 60.9 Å². The van der Waals surface area contributed by atoms with Crippen LogP contribution in [-0.4, -0.2) is 188 Å². The maximum absolute atomic E-state index is 14.9. The molecule has 2 saturated heterocycles. The molecule has 2 aliphatic heterocycles. The van der Waals surface area contributed by atoms with Gasteiger partial charge in [-0.2, -0.15) is 5.26 Å². The summed E-state index contributed by atoms with van der Waals surface area (Å²) in [6.07, 6.45) is 3.75. The van der Waals surface area contributed by atoms with Crippen LogP contribution in [0.5, 0.6) is 5.75 Å². The summed E-state index contributed by atoms with van der Waals surface area (Å²) in [4.78, 5) is 91.0. The lowest BCUT2D eigenvalue weighted by atomic mass is 9.85. The summed E-state index contributed by atoms with van der Waals surface area (Å²) >= 11 is 1.56. The van der Waals surface area contributed by atoms with Crippen molar-refractivity contribution in [3.8, 4) is 44.8 Å². The van der Waals surface area contributed by atoms with Crippen molar-refractivity contribution in [3.05, 3.63) is 125 Å². The van der Waals surface area contributed by atoms with Gasteiger partial charge in [-0.15, -0.1) is 11.3 Å². The second-order valence-electron chi connectivity index (χ2n) is 22.1. The molecular weight excluding hydrogens is 1150 g/mol. The Labute approximate surface area is 514 Å². The number of nitriles is 1. The van der Waals surface area contributed by atoms with Gasteiger partial charge in [-0.05, 0) is 65.4 Å². The fraction of sp³-hybridized carbons (Fsp3) is 0.429. The number of hydrogen-bond donors (Lipinski definition) is 5. The normalized spacial score (nSPS) is 15.5. The van der Waals surface area contributed by atoms with Crippen molar-refractivity contribution in [2.24, 2.45) is 5.41 Å². The number of likely N-dealkylation sites (tertiary alicyclic amines) is 1. The number of amides is 5. The van der Waals surface area contributed by atoms with Crippen molar-refractivity contribution in [1.29, 1.82) is 5.26 Å². The van der Waals surface area contributed by atoms with Crippen molar-refractivity contribution in [3.63, 3.8) is 0 Å². The lowest BCUT2D eigenvalue weighted by molar-refractivity contribution is -0.144. The predicted molar refractivity (Wildman–Crippen MR) is 328 cm³/mol. The van der Waals surface area contributed by atoms with Gasteiger partial charge in [0, 0.05) is 82.8 Å². The van der Waals surface area contributed by atoms with Gasteiger partial charge in [-0.1, -0.05) is 57.2 Å². The molecule has 5 heterocycles. The Morgan fingerprint density at radius 3 is 2.23 bits per heavy atom. The topological polar surface area (TPSA) is 285 Å². The van der Waals surface area contributed by atoms with Crippen LogP contribution in [0.3, 0.4) is 0 Å². The molecule has 3 atom stereocenters. The molecule has 6 aromatic rings. The molecule has 2 fully saturated rings. The van der Waals surface area contributed by atoms with E-state index in [4.69, 9.17) is 23.7 Å². The van der Waals surface area contributed by atoms with E-state index in [0.29, 0.717) is 88.3 Å². The summed E-state index contributed by atoms with van der Waals surface area (Å²) in [6.45, 7) is 12.4. The summed E-state index contributed by atoms with van der Waals surface area (Å²) in [5.74, 6) is -2.31. The zero-order valence-corrected chi connectivity index (χ0v) is 50.9. The molecule has 5 N–H and O–H groups in total. The standard InChI is InChI=1S/C63H75FN12O11S/c1-41-57(88-40-70-41)43-11-9-42(10-12-43)36-69-61(81)52-34-46(77)38-76(52)62(82)58(63(2,3)4)73-54(78)17-25-84-27-29-86-31-32-87-30-28-85-26-20-67-55(79)39-74-21-23-75(24-22-74)51-33-44(47-37-66-18-15-45(47)35-65)13-14-49(51)72-60(80)50-16-19-68-59(71-50)56-48(64)7-6-8-53(56)83-5/h6-16,18-19,33,37,40,46,52,58,77H,17,20-32,34,36,38-39H2,1-5H3,(H,67,79)(H,69,81)(H,72,80)(H,73,78)/t46-,52+,58-/m1/s1. The molecule has 0 spiro atoms. The van der Waals surface area contributed by atoms with E-state index in [9.17, 15) is 38.7 Å². The Bertz CT molecular complexity index is 3390. The zero-order chi connectivity index (χ0) is 62.6. The SMILES string of the molecule is COc1cccc(F)c1-c1nccc(C(=O)Nc2ccc(-c3cnccc3C#N)cc2N2CCN(CC(=O)NCCOCCOCCOCCOCCC(=O)N[C@H](C(=O)N3C[C@H](O)C[C@H]3C(=O)NCc3ccc(-c4scnc4C)cc3)C(C)(C)C)CC2)n1. The number of carbonyl (C=O) groups is 5. The first kappa shape index (κ1) is 65.6. The molecule has 3 aromatic carbocycles. The summed E-state index contributed by atoms with van der Waals surface area (Å²) < 4.78 is 42.7. The second-order valence-corrected chi connectivity index (χ2v) is 22.9.